The number of aromatic nitrogens is 1. The van der Waals surface area contributed by atoms with Crippen molar-refractivity contribution in [3.05, 3.63) is 16.6 Å². The number of urea groups is 1. The topological polar surface area (TPSA) is 82.5 Å². The minimum absolute atomic E-state index is 0.375. The van der Waals surface area contributed by atoms with Crippen LogP contribution in [0.4, 0.5) is 4.79 Å². The maximum Gasteiger partial charge on any atom is 0.326 e. The fourth-order valence-corrected chi connectivity index (χ4v) is 2.13. The maximum atomic E-state index is 11.7. The largest absolute Gasteiger partial charge is 0.480 e. The maximum absolute atomic E-state index is 11.7. The molecule has 0 saturated heterocycles. The van der Waals surface area contributed by atoms with Crippen LogP contribution in [0.2, 0.25) is 0 Å². The van der Waals surface area contributed by atoms with E-state index in [1.165, 1.54) is 23.3 Å². The molecule has 1 atom stereocenters. The van der Waals surface area contributed by atoms with Crippen molar-refractivity contribution in [3.63, 3.8) is 0 Å². The minimum atomic E-state index is -0.991. The first-order chi connectivity index (χ1) is 8.56. The van der Waals surface area contributed by atoms with Gasteiger partial charge in [-0.25, -0.2) is 14.6 Å². The first kappa shape index (κ1) is 14.4. The van der Waals surface area contributed by atoms with Crippen LogP contribution in [-0.4, -0.2) is 46.6 Å². The van der Waals surface area contributed by atoms with Crippen molar-refractivity contribution in [1.29, 1.82) is 0 Å². The van der Waals surface area contributed by atoms with Gasteiger partial charge in [0.15, 0.2) is 0 Å². The molecular weight excluding hydrogens is 254 g/mol. The number of amides is 2. The zero-order valence-corrected chi connectivity index (χ0v) is 11.2. The van der Waals surface area contributed by atoms with Crippen molar-refractivity contribution >= 4 is 23.3 Å². The van der Waals surface area contributed by atoms with E-state index in [0.29, 0.717) is 19.4 Å². The molecule has 6 nitrogen and oxygen atoms in total. The van der Waals surface area contributed by atoms with Crippen LogP contribution in [0.25, 0.3) is 0 Å². The second kappa shape index (κ2) is 6.95. The van der Waals surface area contributed by atoms with Crippen molar-refractivity contribution in [3.8, 4) is 0 Å². The zero-order chi connectivity index (χ0) is 13.5. The number of nitrogens with zero attached hydrogens (tertiary/aromatic N) is 2. The molecule has 7 heteroatoms. The van der Waals surface area contributed by atoms with E-state index in [9.17, 15) is 9.59 Å². The zero-order valence-electron chi connectivity index (χ0n) is 10.4. The lowest BCUT2D eigenvalue weighted by atomic mass is 10.2. The summed E-state index contributed by atoms with van der Waals surface area (Å²) in [6, 6.07) is -1.16. The Bertz CT molecular complexity index is 394. The van der Waals surface area contributed by atoms with Crippen molar-refractivity contribution in [2.75, 3.05) is 13.6 Å². The number of carbonyl (C=O) groups excluding carboxylic acids is 1. The van der Waals surface area contributed by atoms with Crippen LogP contribution < -0.4 is 5.32 Å². The number of hydrogen-bond acceptors (Lipinski definition) is 4. The van der Waals surface area contributed by atoms with Crippen LogP contribution in [0.3, 0.4) is 0 Å². The molecule has 1 unspecified atom stereocenters. The van der Waals surface area contributed by atoms with Crippen molar-refractivity contribution in [2.24, 2.45) is 0 Å². The fourth-order valence-electron chi connectivity index (χ4n) is 1.54. The number of rotatable bonds is 6. The molecule has 18 heavy (non-hydrogen) atoms. The Kier molecular flexibility index (Phi) is 5.57. The van der Waals surface area contributed by atoms with E-state index in [0.717, 1.165) is 5.69 Å². The van der Waals surface area contributed by atoms with Crippen molar-refractivity contribution < 1.29 is 14.7 Å². The van der Waals surface area contributed by atoms with Gasteiger partial charge in [0.1, 0.15) is 6.04 Å². The average Bonchev–Trinajstić information content (AvgIpc) is 2.82. The Morgan fingerprint density at radius 1 is 1.61 bits per heavy atom. The third kappa shape index (κ3) is 3.99. The molecule has 0 bridgehead atoms. The molecule has 2 N–H and O–H groups in total. The molecule has 0 aromatic carbocycles. The molecule has 0 aliphatic carbocycles. The summed E-state index contributed by atoms with van der Waals surface area (Å²) in [4.78, 5) is 27.9. The summed E-state index contributed by atoms with van der Waals surface area (Å²) >= 11 is 1.51. The average molecular weight is 271 g/mol. The molecule has 0 saturated carbocycles. The number of carboxylic acids is 1. The molecule has 1 aromatic heterocycles. The smallest absolute Gasteiger partial charge is 0.326 e. The second-order valence-corrected chi connectivity index (χ2v) is 4.55. The predicted octanol–water partition coefficient (Wildman–Crippen LogP) is 1.19. The Morgan fingerprint density at radius 2 is 2.33 bits per heavy atom. The van der Waals surface area contributed by atoms with Crippen LogP contribution in [-0.2, 0) is 11.2 Å². The van der Waals surface area contributed by atoms with E-state index in [1.807, 2.05) is 5.38 Å². The number of thiazole rings is 1. The molecule has 100 valence electrons. The second-order valence-electron chi connectivity index (χ2n) is 3.83. The van der Waals surface area contributed by atoms with E-state index in [-0.39, 0.29) is 6.03 Å². The van der Waals surface area contributed by atoms with Gasteiger partial charge in [0.05, 0.1) is 11.2 Å². The quantitative estimate of drug-likeness (QED) is 0.814. The van der Waals surface area contributed by atoms with Gasteiger partial charge in [-0.05, 0) is 6.42 Å². The molecule has 0 radical (unpaired) electrons. The summed E-state index contributed by atoms with van der Waals surface area (Å²) in [5, 5.41) is 13.5. The fraction of sp³-hybridized carbons (Fsp3) is 0.545. The predicted molar refractivity (Wildman–Crippen MR) is 68.7 cm³/mol. The lowest BCUT2D eigenvalue weighted by Gasteiger charge is -2.23. The third-order valence-electron chi connectivity index (χ3n) is 2.60. The molecule has 0 fully saturated rings. The highest BCUT2D eigenvalue weighted by atomic mass is 32.1. The van der Waals surface area contributed by atoms with E-state index < -0.39 is 12.0 Å². The number of aliphatic carboxylic acids is 1. The van der Waals surface area contributed by atoms with E-state index in [4.69, 9.17) is 5.11 Å². The number of carbonyl (C=O) groups is 2. The SMILES string of the molecule is CCC(C(=O)O)N(C)C(=O)NCCc1cscn1. The number of hydrogen-bond donors (Lipinski definition) is 2. The van der Waals surface area contributed by atoms with Gasteiger partial charge in [-0.1, -0.05) is 6.92 Å². The molecule has 0 aliphatic heterocycles. The Hall–Kier alpha value is -1.63. The van der Waals surface area contributed by atoms with Gasteiger partial charge in [-0.2, -0.15) is 0 Å². The lowest BCUT2D eigenvalue weighted by molar-refractivity contribution is -0.141. The normalized spacial score (nSPS) is 11.9. The van der Waals surface area contributed by atoms with Crippen molar-refractivity contribution in [1.82, 2.24) is 15.2 Å². The summed E-state index contributed by atoms with van der Waals surface area (Å²) < 4.78 is 0. The van der Waals surface area contributed by atoms with E-state index in [1.54, 1.807) is 12.4 Å². The number of carboxylic acid groups (broad SMARTS) is 1. The van der Waals surface area contributed by atoms with E-state index >= 15 is 0 Å². The van der Waals surface area contributed by atoms with Gasteiger partial charge in [0, 0.05) is 25.4 Å². The summed E-state index contributed by atoms with van der Waals surface area (Å²) in [5.74, 6) is -0.991. The molecular formula is C11H17N3O3S. The van der Waals surface area contributed by atoms with Gasteiger partial charge in [-0.15, -0.1) is 11.3 Å². The van der Waals surface area contributed by atoms with Gasteiger partial charge >= 0.3 is 12.0 Å². The van der Waals surface area contributed by atoms with Crippen LogP contribution in [0.5, 0.6) is 0 Å². The highest BCUT2D eigenvalue weighted by Crippen LogP contribution is 2.03. The van der Waals surface area contributed by atoms with Crippen LogP contribution in [0.1, 0.15) is 19.0 Å². The molecule has 1 rings (SSSR count). The van der Waals surface area contributed by atoms with Gasteiger partial charge in [0.2, 0.25) is 0 Å². The summed E-state index contributed by atoms with van der Waals surface area (Å²) in [6.07, 6.45) is 1.03. The molecule has 0 aliphatic rings. The van der Waals surface area contributed by atoms with E-state index in [2.05, 4.69) is 10.3 Å². The molecule has 2 amide bonds. The van der Waals surface area contributed by atoms with Crippen LogP contribution in [0.15, 0.2) is 10.9 Å². The number of likely N-dealkylation sites (N-methyl/N-ethyl adjacent to an activating group) is 1. The molecule has 0 spiro atoms. The van der Waals surface area contributed by atoms with Gasteiger partial charge < -0.3 is 15.3 Å². The standard InChI is InChI=1S/C11H17N3O3S/c1-3-9(10(15)16)14(2)11(17)12-5-4-8-6-18-7-13-8/h6-7,9H,3-5H2,1-2H3,(H,12,17)(H,15,16). The van der Waals surface area contributed by atoms with Gasteiger partial charge in [-0.3, -0.25) is 0 Å². The lowest BCUT2D eigenvalue weighted by Crippen LogP contribution is -2.47. The summed E-state index contributed by atoms with van der Waals surface area (Å²) in [5.41, 5.74) is 2.66. The highest BCUT2D eigenvalue weighted by Gasteiger charge is 2.24. The van der Waals surface area contributed by atoms with Crippen LogP contribution >= 0.6 is 11.3 Å². The summed E-state index contributed by atoms with van der Waals surface area (Å²) in [7, 11) is 1.49. The highest BCUT2D eigenvalue weighted by molar-refractivity contribution is 7.07. The van der Waals surface area contributed by atoms with Crippen molar-refractivity contribution in [2.45, 2.75) is 25.8 Å². The third-order valence-corrected chi connectivity index (χ3v) is 3.24. The van der Waals surface area contributed by atoms with Crippen LogP contribution in [0, 0.1) is 0 Å². The minimum Gasteiger partial charge on any atom is -0.480 e. The first-order valence-corrected chi connectivity index (χ1v) is 6.61. The summed E-state index contributed by atoms with van der Waals surface area (Å²) in [6.45, 7) is 2.18. The first-order valence-electron chi connectivity index (χ1n) is 5.66. The van der Waals surface area contributed by atoms with Gasteiger partial charge in [0.25, 0.3) is 0 Å². The Morgan fingerprint density at radius 3 is 2.83 bits per heavy atom. The molecule has 1 heterocycles. The Labute approximate surface area is 110 Å². The number of nitrogens with one attached hydrogen (secondary N) is 1. The Balaban J connectivity index is 2.37. The monoisotopic (exact) mass is 271 g/mol. The molecule has 1 aromatic rings.